The van der Waals surface area contributed by atoms with Crippen LogP contribution in [0, 0.1) is 28.1 Å². The van der Waals surface area contributed by atoms with E-state index in [0.717, 1.165) is 12.0 Å². The zero-order valence-corrected chi connectivity index (χ0v) is 37.4. The predicted octanol–water partition coefficient (Wildman–Crippen LogP) is -4.09. The Labute approximate surface area is 381 Å². The molecule has 0 aromatic rings. The van der Waals surface area contributed by atoms with E-state index in [9.17, 15) is 71.2 Å². The molecule has 0 unspecified atom stereocenters. The molecule has 4 heterocycles. The quantitative estimate of drug-likeness (QED) is 0.0532. The third-order valence-corrected chi connectivity index (χ3v) is 17.0. The van der Waals surface area contributed by atoms with Crippen molar-refractivity contribution in [3.05, 3.63) is 12.2 Å². The van der Waals surface area contributed by atoms with Crippen LogP contribution in [0.1, 0.15) is 78.6 Å². The minimum Gasteiger partial charge on any atom is -0.432 e. The molecule has 4 saturated carbocycles. The van der Waals surface area contributed by atoms with Gasteiger partial charge < -0.3 is 104 Å². The molecule has 1 spiro atoms. The van der Waals surface area contributed by atoms with Crippen LogP contribution < -0.4 is 0 Å². The first kappa shape index (κ1) is 50.8. The normalized spacial score (nSPS) is 55.2. The van der Waals surface area contributed by atoms with Crippen molar-refractivity contribution in [2.45, 2.75) is 207 Å². The number of carbonyl (C=O) groups excluding carboxylic acids is 1. The highest BCUT2D eigenvalue weighted by Gasteiger charge is 2.70. The number of aliphatic hydroxyl groups is 13. The van der Waals surface area contributed by atoms with Crippen LogP contribution in [0.4, 0.5) is 0 Å². The summed E-state index contributed by atoms with van der Waals surface area (Å²) in [5.74, 6) is -0.750. The smallest absolute Gasteiger partial charge is 0.314 e. The molecule has 8 rings (SSSR count). The largest absolute Gasteiger partial charge is 0.432 e. The van der Waals surface area contributed by atoms with Crippen molar-refractivity contribution in [1.82, 2.24) is 0 Å². The van der Waals surface area contributed by atoms with Crippen molar-refractivity contribution < 1.29 is 109 Å². The zero-order valence-electron chi connectivity index (χ0n) is 37.4. The van der Waals surface area contributed by atoms with Gasteiger partial charge >= 0.3 is 5.97 Å². The van der Waals surface area contributed by atoms with E-state index < -0.39 is 165 Å². The lowest BCUT2D eigenvalue weighted by Gasteiger charge is -2.64. The maximum atomic E-state index is 14.3. The van der Waals surface area contributed by atoms with E-state index in [1.165, 1.54) is 6.92 Å². The van der Waals surface area contributed by atoms with Gasteiger partial charge in [0.15, 0.2) is 18.9 Å². The Kier molecular flexibility index (Phi) is 14.5. The highest BCUT2D eigenvalue weighted by Crippen LogP contribution is 2.73. The number of hydrogen-bond acceptors (Lipinski definition) is 22. The van der Waals surface area contributed by atoms with Gasteiger partial charge in [0.25, 0.3) is 0 Å². The molecule has 22 heteroatoms. The molecular weight excluding hydrogens is 880 g/mol. The lowest BCUT2D eigenvalue weighted by atomic mass is 9.41. The fraction of sp³-hybridized carbons (Fsp3) is 0.932. The Morgan fingerprint density at radius 2 is 1.12 bits per heavy atom. The molecule has 0 aromatic heterocycles. The molecule has 66 heavy (non-hydrogen) atoms. The van der Waals surface area contributed by atoms with Crippen molar-refractivity contribution in [3.63, 3.8) is 0 Å². The fourth-order valence-corrected chi connectivity index (χ4v) is 13.4. The van der Waals surface area contributed by atoms with Gasteiger partial charge in [0.05, 0.1) is 36.9 Å². The van der Waals surface area contributed by atoms with Gasteiger partial charge in [-0.2, -0.15) is 0 Å². The van der Waals surface area contributed by atoms with Gasteiger partial charge in [-0.25, -0.2) is 0 Å². The monoisotopic (exact) mass is 950 g/mol. The van der Waals surface area contributed by atoms with Crippen LogP contribution >= 0.6 is 0 Å². The van der Waals surface area contributed by atoms with Crippen molar-refractivity contribution in [1.29, 1.82) is 0 Å². The summed E-state index contributed by atoms with van der Waals surface area (Å²) in [4.78, 5) is 14.3. The van der Waals surface area contributed by atoms with Gasteiger partial charge in [-0.3, -0.25) is 4.79 Å². The van der Waals surface area contributed by atoms with Crippen LogP contribution in [0.5, 0.6) is 0 Å². The molecule has 4 aliphatic carbocycles. The first-order chi connectivity index (χ1) is 31.1. The van der Waals surface area contributed by atoms with Crippen LogP contribution in [0.15, 0.2) is 12.2 Å². The van der Waals surface area contributed by atoms with E-state index in [4.69, 9.17) is 37.9 Å². The topological polar surface area (TPSA) is 354 Å². The number of fused-ring (bicyclic) bond motifs is 3. The number of aliphatic hydroxyl groups excluding tert-OH is 13. The van der Waals surface area contributed by atoms with E-state index in [-0.39, 0.29) is 17.3 Å². The Morgan fingerprint density at radius 1 is 0.606 bits per heavy atom. The summed E-state index contributed by atoms with van der Waals surface area (Å²) in [7, 11) is 0. The van der Waals surface area contributed by atoms with Gasteiger partial charge in [-0.1, -0.05) is 19.9 Å². The Balaban J connectivity index is 1.06. The standard InChI is InChI=1S/C44H70O22/c1-17-12-43-10-6-22-41(3,8-5-9-42(22,4)40(58)65-38-33(57)30(54)26(50)20(14-46)61-38)23(43)7-11-44(17,16-43)66-39-35(64-36-31(55)28(52)24(48)18(2)59-36)34(27(51)21(15-47)62-39)63-37-32(56)29(53)25(49)19(13-45)60-37/h18-39,45-57H,1,5-16H2,2-4H3/t18-,19-,20+,21-,22+,23-,24-,25-,26+,27-,28+,29+,30+,31-,32-,33+,34+,35-,36+,37+,38-,39+,41+,42+,43-,44+/m0/s1. The summed E-state index contributed by atoms with van der Waals surface area (Å²) < 4.78 is 48.4. The fourth-order valence-electron chi connectivity index (χ4n) is 13.4. The average Bonchev–Trinajstić information content (AvgIpc) is 3.48. The minimum atomic E-state index is -1.92. The summed E-state index contributed by atoms with van der Waals surface area (Å²) in [6, 6.07) is 0. The van der Waals surface area contributed by atoms with Crippen LogP contribution in [-0.2, 0) is 42.7 Å². The first-order valence-corrected chi connectivity index (χ1v) is 23.2. The summed E-state index contributed by atoms with van der Waals surface area (Å²) >= 11 is 0. The van der Waals surface area contributed by atoms with Gasteiger partial charge in [0.2, 0.25) is 6.29 Å². The second-order valence-corrected chi connectivity index (χ2v) is 20.8. The molecule has 8 fully saturated rings. The maximum Gasteiger partial charge on any atom is 0.314 e. The predicted molar refractivity (Wildman–Crippen MR) is 218 cm³/mol. The lowest BCUT2D eigenvalue weighted by molar-refractivity contribution is -0.398. The van der Waals surface area contributed by atoms with E-state index >= 15 is 0 Å². The molecule has 378 valence electrons. The molecule has 26 atom stereocenters. The third-order valence-electron chi connectivity index (χ3n) is 17.0. The minimum absolute atomic E-state index is 0.0493. The molecule has 8 aliphatic rings. The van der Waals surface area contributed by atoms with E-state index in [2.05, 4.69) is 13.5 Å². The van der Waals surface area contributed by atoms with Crippen LogP contribution in [0.25, 0.3) is 0 Å². The molecule has 2 bridgehead atoms. The van der Waals surface area contributed by atoms with Gasteiger partial charge in [0.1, 0.15) is 91.6 Å². The van der Waals surface area contributed by atoms with E-state index in [1.54, 1.807) is 0 Å². The molecular formula is C44H70O22. The molecule has 4 aliphatic heterocycles. The molecule has 22 nitrogen and oxygen atoms in total. The molecule has 13 N–H and O–H groups in total. The molecule has 4 saturated heterocycles. The van der Waals surface area contributed by atoms with E-state index in [1.807, 2.05) is 6.92 Å². The molecule has 0 radical (unpaired) electrons. The number of hydrogen-bond donors (Lipinski definition) is 13. The Hall–Kier alpha value is -1.59. The number of esters is 1. The Bertz CT molecular complexity index is 1740. The third kappa shape index (κ3) is 8.30. The summed E-state index contributed by atoms with van der Waals surface area (Å²) in [6.07, 6.45) is -27.4. The van der Waals surface area contributed by atoms with Crippen LogP contribution in [0.3, 0.4) is 0 Å². The summed E-state index contributed by atoms with van der Waals surface area (Å²) in [5, 5.41) is 137. The highest BCUT2D eigenvalue weighted by atomic mass is 16.8. The molecule has 0 amide bonds. The van der Waals surface area contributed by atoms with Crippen LogP contribution in [-0.4, -0.2) is 221 Å². The van der Waals surface area contributed by atoms with Gasteiger partial charge in [-0.15, -0.1) is 0 Å². The first-order valence-electron chi connectivity index (χ1n) is 23.2. The van der Waals surface area contributed by atoms with Crippen LogP contribution in [0.2, 0.25) is 0 Å². The number of carbonyl (C=O) groups is 1. The lowest BCUT2D eigenvalue weighted by Crippen LogP contribution is -2.67. The van der Waals surface area contributed by atoms with Crippen molar-refractivity contribution in [2.75, 3.05) is 19.8 Å². The SMILES string of the molecule is C=C1C[C@]23CC[C@@H]4[C@@](C)(CCC[C@@]4(C)C(=O)O[C@@H]4O[C@H](CO)[C@@H](O)[C@@H](O)[C@H]4O)[C@@H]2CC[C@@]1(O[C@H]1O[C@@H](CO)[C@H](O)[C@@H](O[C@H]2O[C@@H](CO)[C@H](O)[C@@H](O)[C@@H]2O)[C@@H]1O[C@H]1O[C@@H](C)[C@H](O)[C@@H](O)[C@@H]1O)C3. The molecule has 0 aromatic carbocycles. The second kappa shape index (κ2) is 18.9. The second-order valence-electron chi connectivity index (χ2n) is 20.8. The van der Waals surface area contributed by atoms with Crippen molar-refractivity contribution in [2.24, 2.45) is 28.1 Å². The highest BCUT2D eigenvalue weighted by molar-refractivity contribution is 5.77. The maximum absolute atomic E-state index is 14.3. The van der Waals surface area contributed by atoms with Crippen molar-refractivity contribution >= 4 is 5.97 Å². The van der Waals surface area contributed by atoms with Gasteiger partial charge in [0, 0.05) is 0 Å². The van der Waals surface area contributed by atoms with E-state index in [0.29, 0.717) is 51.4 Å². The Morgan fingerprint density at radius 3 is 1.74 bits per heavy atom. The summed E-state index contributed by atoms with van der Waals surface area (Å²) in [5.41, 5.74) is -2.19. The zero-order chi connectivity index (χ0) is 48.0. The average molecular weight is 951 g/mol. The number of ether oxygens (including phenoxy) is 8. The summed E-state index contributed by atoms with van der Waals surface area (Å²) in [6.45, 7) is 7.77. The van der Waals surface area contributed by atoms with Crippen molar-refractivity contribution in [3.8, 4) is 0 Å². The number of rotatable bonds is 11. The van der Waals surface area contributed by atoms with Gasteiger partial charge in [-0.05, 0) is 93.5 Å².